The molecule has 2 N–H and O–H groups in total. The van der Waals surface area contributed by atoms with Crippen molar-refractivity contribution in [2.24, 2.45) is 5.73 Å². The van der Waals surface area contributed by atoms with Crippen LogP contribution < -0.4 is 5.73 Å². The maximum Gasteiger partial charge on any atom is 0.249 e. The van der Waals surface area contributed by atoms with Crippen LogP contribution in [0.5, 0.6) is 0 Å². The Labute approximate surface area is 139 Å². The molecule has 0 aliphatic carbocycles. The van der Waals surface area contributed by atoms with E-state index in [4.69, 9.17) is 17.3 Å². The summed E-state index contributed by atoms with van der Waals surface area (Å²) in [6.45, 7) is 3.22. The van der Waals surface area contributed by atoms with Crippen molar-refractivity contribution >= 4 is 17.5 Å². The van der Waals surface area contributed by atoms with Crippen LogP contribution in [0.2, 0.25) is 5.02 Å². The van der Waals surface area contributed by atoms with Gasteiger partial charge in [-0.2, -0.15) is 4.80 Å². The zero-order valence-electron chi connectivity index (χ0n) is 12.9. The van der Waals surface area contributed by atoms with Gasteiger partial charge in [0.05, 0.1) is 0 Å². The molecule has 7 nitrogen and oxygen atoms in total. The smallest absolute Gasteiger partial charge is 0.249 e. The van der Waals surface area contributed by atoms with E-state index in [1.165, 1.54) is 4.80 Å². The highest BCUT2D eigenvalue weighted by atomic mass is 35.5. The molecule has 1 aliphatic heterocycles. The number of halogens is 1. The molecule has 8 heteroatoms. The first-order chi connectivity index (χ1) is 11.1. The third kappa shape index (κ3) is 3.35. The van der Waals surface area contributed by atoms with Crippen LogP contribution in [0.15, 0.2) is 24.3 Å². The van der Waals surface area contributed by atoms with E-state index < -0.39 is 6.04 Å². The second-order valence-electron chi connectivity index (χ2n) is 5.70. The van der Waals surface area contributed by atoms with Gasteiger partial charge < -0.3 is 10.6 Å². The monoisotopic (exact) mass is 334 g/mol. The molecule has 3 rings (SSSR count). The summed E-state index contributed by atoms with van der Waals surface area (Å²) in [5, 5.41) is 13.1. The maximum atomic E-state index is 12.6. The summed E-state index contributed by atoms with van der Waals surface area (Å²) in [7, 11) is 0. The van der Waals surface area contributed by atoms with Gasteiger partial charge in [0, 0.05) is 29.7 Å². The van der Waals surface area contributed by atoms with Gasteiger partial charge in [0.15, 0.2) is 6.04 Å². The number of tetrazole rings is 1. The van der Waals surface area contributed by atoms with Gasteiger partial charge in [0.1, 0.15) is 0 Å². The van der Waals surface area contributed by atoms with Crippen molar-refractivity contribution in [1.82, 2.24) is 25.1 Å². The Morgan fingerprint density at radius 2 is 2.17 bits per heavy atom. The van der Waals surface area contributed by atoms with E-state index in [9.17, 15) is 4.79 Å². The van der Waals surface area contributed by atoms with Crippen molar-refractivity contribution < 1.29 is 4.79 Å². The highest BCUT2D eigenvalue weighted by Gasteiger charge is 2.31. The Balaban J connectivity index is 1.79. The van der Waals surface area contributed by atoms with E-state index in [2.05, 4.69) is 15.4 Å². The van der Waals surface area contributed by atoms with E-state index in [1.54, 1.807) is 17.0 Å². The van der Waals surface area contributed by atoms with Gasteiger partial charge in [-0.25, -0.2) is 0 Å². The second-order valence-corrected chi connectivity index (χ2v) is 6.13. The third-order valence-corrected chi connectivity index (χ3v) is 4.27. The summed E-state index contributed by atoms with van der Waals surface area (Å²) >= 11 is 5.88. The van der Waals surface area contributed by atoms with Gasteiger partial charge in [0.2, 0.25) is 11.7 Å². The highest BCUT2D eigenvalue weighted by molar-refractivity contribution is 6.30. The number of nitrogens with zero attached hydrogens (tertiary/aromatic N) is 5. The lowest BCUT2D eigenvalue weighted by molar-refractivity contribution is -0.134. The molecule has 2 atom stereocenters. The molecule has 1 amide bonds. The predicted molar refractivity (Wildman–Crippen MR) is 86.8 cm³/mol. The summed E-state index contributed by atoms with van der Waals surface area (Å²) in [6, 6.07) is 6.80. The first-order valence-corrected chi connectivity index (χ1v) is 8.06. The highest BCUT2D eigenvalue weighted by Crippen LogP contribution is 2.20. The molecule has 122 valence electrons. The van der Waals surface area contributed by atoms with Crippen LogP contribution in [0.3, 0.4) is 0 Å². The fraction of sp³-hybridized carbons (Fsp3) is 0.467. The fourth-order valence-electron chi connectivity index (χ4n) is 2.71. The van der Waals surface area contributed by atoms with Crippen molar-refractivity contribution in [3.63, 3.8) is 0 Å². The van der Waals surface area contributed by atoms with Gasteiger partial charge in [-0.05, 0) is 42.3 Å². The number of amides is 1. The minimum absolute atomic E-state index is 0.000469. The average molecular weight is 335 g/mol. The molecule has 1 saturated heterocycles. The second kappa shape index (κ2) is 6.64. The quantitative estimate of drug-likeness (QED) is 0.915. The fourth-order valence-corrected chi connectivity index (χ4v) is 2.83. The SMILES string of the molecule is CCC(C(=O)N1CC[C@H](N)C1)n1nnc(-c2ccc(Cl)cc2)n1. The normalized spacial score (nSPS) is 19.1. The summed E-state index contributed by atoms with van der Waals surface area (Å²) in [5.41, 5.74) is 6.69. The van der Waals surface area contributed by atoms with Crippen molar-refractivity contribution in [2.75, 3.05) is 13.1 Å². The molecule has 0 radical (unpaired) electrons. The molecule has 1 aliphatic rings. The molecular weight excluding hydrogens is 316 g/mol. The average Bonchev–Trinajstić information content (AvgIpc) is 3.18. The number of rotatable bonds is 4. The van der Waals surface area contributed by atoms with Crippen LogP contribution in [-0.4, -0.2) is 50.1 Å². The van der Waals surface area contributed by atoms with E-state index in [1.807, 2.05) is 19.1 Å². The molecule has 0 saturated carbocycles. The van der Waals surface area contributed by atoms with E-state index in [0.29, 0.717) is 30.4 Å². The zero-order chi connectivity index (χ0) is 16.4. The van der Waals surface area contributed by atoms with Crippen LogP contribution in [-0.2, 0) is 4.79 Å². The van der Waals surface area contributed by atoms with Crippen LogP contribution in [0.25, 0.3) is 11.4 Å². The van der Waals surface area contributed by atoms with Crippen molar-refractivity contribution in [3.8, 4) is 11.4 Å². The number of hydrogen-bond donors (Lipinski definition) is 1. The topological polar surface area (TPSA) is 89.9 Å². The molecule has 2 aromatic rings. The van der Waals surface area contributed by atoms with E-state index in [0.717, 1.165) is 12.0 Å². The first-order valence-electron chi connectivity index (χ1n) is 7.68. The number of hydrogen-bond acceptors (Lipinski definition) is 5. The molecule has 0 spiro atoms. The Kier molecular flexibility index (Phi) is 4.58. The summed E-state index contributed by atoms with van der Waals surface area (Å²) < 4.78 is 0. The van der Waals surface area contributed by atoms with Crippen molar-refractivity contribution in [3.05, 3.63) is 29.3 Å². The molecular formula is C15H19ClN6O. The van der Waals surface area contributed by atoms with Crippen LogP contribution in [0.1, 0.15) is 25.8 Å². The molecule has 1 unspecified atom stereocenters. The molecule has 2 heterocycles. The Bertz CT molecular complexity index is 686. The summed E-state index contributed by atoms with van der Waals surface area (Å²) in [5.74, 6) is 0.478. The molecule has 1 fully saturated rings. The first kappa shape index (κ1) is 15.9. The maximum absolute atomic E-state index is 12.6. The van der Waals surface area contributed by atoms with Crippen LogP contribution >= 0.6 is 11.6 Å². The standard InChI is InChI=1S/C15H19ClN6O/c1-2-13(15(23)21-8-7-12(17)9-21)22-19-14(18-20-22)10-3-5-11(16)6-4-10/h3-6,12-13H,2,7-9,17H2,1H3/t12-,13?/m0/s1. The third-order valence-electron chi connectivity index (χ3n) is 4.02. The zero-order valence-corrected chi connectivity index (χ0v) is 13.6. The summed E-state index contributed by atoms with van der Waals surface area (Å²) in [6.07, 6.45) is 1.43. The number of carbonyl (C=O) groups excluding carboxylic acids is 1. The minimum atomic E-state index is -0.450. The lowest BCUT2D eigenvalue weighted by Gasteiger charge is -2.21. The number of nitrogens with two attached hydrogens (primary N) is 1. The number of benzene rings is 1. The lowest BCUT2D eigenvalue weighted by atomic mass is 10.2. The van der Waals surface area contributed by atoms with E-state index >= 15 is 0 Å². The van der Waals surface area contributed by atoms with Gasteiger partial charge in [-0.3, -0.25) is 4.79 Å². The Morgan fingerprint density at radius 3 is 2.78 bits per heavy atom. The number of carbonyl (C=O) groups is 1. The number of likely N-dealkylation sites (tertiary alicyclic amines) is 1. The Hall–Kier alpha value is -1.99. The van der Waals surface area contributed by atoms with Crippen LogP contribution in [0, 0.1) is 0 Å². The van der Waals surface area contributed by atoms with Gasteiger partial charge in [-0.15, -0.1) is 10.2 Å². The Morgan fingerprint density at radius 1 is 1.43 bits per heavy atom. The molecule has 1 aromatic carbocycles. The molecule has 0 bridgehead atoms. The number of aromatic nitrogens is 4. The predicted octanol–water partition coefficient (Wildman–Crippen LogP) is 1.50. The summed E-state index contributed by atoms with van der Waals surface area (Å²) in [4.78, 5) is 15.8. The minimum Gasteiger partial charge on any atom is -0.339 e. The van der Waals surface area contributed by atoms with Gasteiger partial charge in [0.25, 0.3) is 0 Å². The molecule has 1 aromatic heterocycles. The van der Waals surface area contributed by atoms with Gasteiger partial charge >= 0.3 is 0 Å². The van der Waals surface area contributed by atoms with E-state index in [-0.39, 0.29) is 11.9 Å². The largest absolute Gasteiger partial charge is 0.339 e. The van der Waals surface area contributed by atoms with Gasteiger partial charge in [-0.1, -0.05) is 18.5 Å². The molecule has 23 heavy (non-hydrogen) atoms. The van der Waals surface area contributed by atoms with Crippen molar-refractivity contribution in [2.45, 2.75) is 31.8 Å². The van der Waals surface area contributed by atoms with Crippen LogP contribution in [0.4, 0.5) is 0 Å². The van der Waals surface area contributed by atoms with Crippen molar-refractivity contribution in [1.29, 1.82) is 0 Å². The lowest BCUT2D eigenvalue weighted by Crippen LogP contribution is -2.38.